The van der Waals surface area contributed by atoms with E-state index in [-0.39, 0.29) is 11.0 Å². The number of nitrogens with one attached hydrogen (secondary N) is 2. The third-order valence-electron chi connectivity index (χ3n) is 3.73. The molecule has 0 atom stereocenters. The minimum absolute atomic E-state index is 0.0549. The highest BCUT2D eigenvalue weighted by molar-refractivity contribution is 6.35. The third-order valence-corrected chi connectivity index (χ3v) is 4.04. The van der Waals surface area contributed by atoms with Gasteiger partial charge in [-0.3, -0.25) is 9.59 Å². The Morgan fingerprint density at radius 1 is 1.17 bits per heavy atom. The lowest BCUT2D eigenvalue weighted by atomic mass is 10.1. The molecule has 5 heteroatoms. The van der Waals surface area contributed by atoms with Crippen LogP contribution in [-0.4, -0.2) is 10.9 Å². The van der Waals surface area contributed by atoms with Crippen LogP contribution in [0.25, 0.3) is 10.9 Å². The summed E-state index contributed by atoms with van der Waals surface area (Å²) in [5.41, 5.74) is 2.07. The second-order valence-corrected chi connectivity index (χ2v) is 5.61. The van der Waals surface area contributed by atoms with E-state index in [0.717, 1.165) is 6.42 Å². The second-order valence-electron chi connectivity index (χ2n) is 5.20. The maximum absolute atomic E-state index is 12.5. The van der Waals surface area contributed by atoms with Gasteiger partial charge in [0.05, 0.1) is 10.5 Å². The molecule has 4 nitrogen and oxygen atoms in total. The van der Waals surface area contributed by atoms with E-state index in [2.05, 4.69) is 17.2 Å². The van der Waals surface area contributed by atoms with Crippen molar-refractivity contribution in [3.05, 3.63) is 75.0 Å². The molecule has 2 aromatic carbocycles. The first kappa shape index (κ1) is 15.3. The van der Waals surface area contributed by atoms with Gasteiger partial charge in [-0.25, -0.2) is 0 Å². The van der Waals surface area contributed by atoms with Crippen LogP contribution in [0.2, 0.25) is 5.02 Å². The van der Waals surface area contributed by atoms with Gasteiger partial charge in [-0.1, -0.05) is 36.7 Å². The Kier molecular flexibility index (Phi) is 4.17. The van der Waals surface area contributed by atoms with Crippen molar-refractivity contribution in [2.75, 3.05) is 5.32 Å². The Hall–Kier alpha value is -2.59. The highest BCUT2D eigenvalue weighted by Crippen LogP contribution is 2.19. The fraction of sp³-hybridized carbons (Fsp3) is 0.111. The summed E-state index contributed by atoms with van der Waals surface area (Å²) in [6.07, 6.45) is 2.33. The quantitative estimate of drug-likeness (QED) is 0.764. The average Bonchev–Trinajstić information content (AvgIpc) is 2.56. The topological polar surface area (TPSA) is 62.0 Å². The van der Waals surface area contributed by atoms with Crippen molar-refractivity contribution in [1.29, 1.82) is 0 Å². The number of rotatable bonds is 3. The highest BCUT2D eigenvalue weighted by atomic mass is 35.5. The largest absolute Gasteiger partial charge is 0.359 e. The van der Waals surface area contributed by atoms with E-state index in [9.17, 15) is 9.59 Å². The van der Waals surface area contributed by atoms with E-state index in [1.165, 1.54) is 11.8 Å². The van der Waals surface area contributed by atoms with Gasteiger partial charge in [0, 0.05) is 17.3 Å². The van der Waals surface area contributed by atoms with Crippen molar-refractivity contribution in [1.82, 2.24) is 4.98 Å². The number of anilines is 1. The number of H-pyrrole nitrogens is 1. The molecule has 1 aromatic heterocycles. The predicted octanol–water partition coefficient (Wildman–Crippen LogP) is 4.00. The van der Waals surface area contributed by atoms with Crippen molar-refractivity contribution in [3.63, 3.8) is 0 Å². The zero-order chi connectivity index (χ0) is 16.4. The summed E-state index contributed by atoms with van der Waals surface area (Å²) in [6, 6.07) is 12.6. The van der Waals surface area contributed by atoms with Crippen molar-refractivity contribution in [3.8, 4) is 0 Å². The average molecular weight is 327 g/mol. The number of halogens is 1. The molecule has 3 rings (SSSR count). The smallest absolute Gasteiger partial charge is 0.261 e. The fourth-order valence-corrected chi connectivity index (χ4v) is 2.63. The first-order valence-corrected chi connectivity index (χ1v) is 7.68. The highest BCUT2D eigenvalue weighted by Gasteiger charge is 2.14. The number of hydrogen-bond acceptors (Lipinski definition) is 2. The Balaban J connectivity index is 1.94. The number of aromatic amines is 1. The van der Waals surface area contributed by atoms with Gasteiger partial charge in [0.2, 0.25) is 5.43 Å². The number of aromatic nitrogens is 1. The molecule has 0 radical (unpaired) electrons. The molecule has 0 aliphatic carbocycles. The number of benzene rings is 2. The molecule has 3 aromatic rings. The van der Waals surface area contributed by atoms with Gasteiger partial charge in [0.25, 0.3) is 5.91 Å². The van der Waals surface area contributed by atoms with Crippen LogP contribution in [0.1, 0.15) is 22.8 Å². The molecule has 0 spiro atoms. The number of carbonyl (C=O) groups is 1. The maximum Gasteiger partial charge on any atom is 0.261 e. The first-order valence-electron chi connectivity index (χ1n) is 7.30. The summed E-state index contributed by atoms with van der Waals surface area (Å²) in [4.78, 5) is 27.7. The van der Waals surface area contributed by atoms with Crippen LogP contribution in [0.15, 0.2) is 53.5 Å². The minimum Gasteiger partial charge on any atom is -0.359 e. The molecule has 23 heavy (non-hydrogen) atoms. The minimum atomic E-state index is -0.447. The molecule has 116 valence electrons. The molecule has 2 N–H and O–H groups in total. The number of amides is 1. The monoisotopic (exact) mass is 326 g/mol. The van der Waals surface area contributed by atoms with E-state index in [1.54, 1.807) is 18.2 Å². The Bertz CT molecular complexity index is 930. The van der Waals surface area contributed by atoms with Gasteiger partial charge >= 0.3 is 0 Å². The van der Waals surface area contributed by atoms with Crippen LogP contribution in [0, 0.1) is 0 Å². The first-order chi connectivity index (χ1) is 11.1. The molecular formula is C18H15ClN2O2. The van der Waals surface area contributed by atoms with Crippen LogP contribution in [-0.2, 0) is 6.42 Å². The second kappa shape index (κ2) is 6.26. The lowest BCUT2D eigenvalue weighted by Crippen LogP contribution is -2.22. The van der Waals surface area contributed by atoms with Crippen molar-refractivity contribution in [2.24, 2.45) is 0 Å². The number of hydrogen-bond donors (Lipinski definition) is 2. The summed E-state index contributed by atoms with van der Waals surface area (Å²) >= 11 is 6.05. The van der Waals surface area contributed by atoms with Crippen molar-refractivity contribution in [2.45, 2.75) is 13.3 Å². The summed E-state index contributed by atoms with van der Waals surface area (Å²) in [5, 5.41) is 3.58. The standard InChI is InChI=1S/C18H15ClN2O2/c1-2-11-6-8-12(9-7-11)21-18(23)14-10-20-16-13(17(14)22)4-3-5-15(16)19/h3-10H,2H2,1H3,(H,20,22)(H,21,23). The molecule has 0 bridgehead atoms. The SMILES string of the molecule is CCc1ccc(NC(=O)c2c[nH]c3c(Cl)cccc3c2=O)cc1. The van der Waals surface area contributed by atoms with Crippen molar-refractivity contribution >= 4 is 34.1 Å². The number of para-hydroxylation sites is 1. The molecule has 0 saturated carbocycles. The van der Waals surface area contributed by atoms with Crippen LogP contribution < -0.4 is 10.7 Å². The van der Waals surface area contributed by atoms with Crippen LogP contribution in [0.4, 0.5) is 5.69 Å². The summed E-state index contributed by atoms with van der Waals surface area (Å²) in [5.74, 6) is -0.447. The molecule has 0 saturated heterocycles. The molecule has 0 aliphatic heterocycles. The molecule has 0 unspecified atom stereocenters. The number of carbonyl (C=O) groups excluding carboxylic acids is 1. The Morgan fingerprint density at radius 3 is 2.61 bits per heavy atom. The maximum atomic E-state index is 12.5. The molecule has 1 heterocycles. The predicted molar refractivity (Wildman–Crippen MR) is 93.4 cm³/mol. The van der Waals surface area contributed by atoms with Crippen LogP contribution >= 0.6 is 11.6 Å². The molecule has 1 amide bonds. The fourth-order valence-electron chi connectivity index (χ4n) is 2.41. The Labute approximate surface area is 138 Å². The van der Waals surface area contributed by atoms with Crippen LogP contribution in [0.5, 0.6) is 0 Å². The van der Waals surface area contributed by atoms with E-state index in [4.69, 9.17) is 11.6 Å². The van der Waals surface area contributed by atoms with E-state index < -0.39 is 5.91 Å². The van der Waals surface area contributed by atoms with Gasteiger partial charge in [-0.05, 0) is 36.2 Å². The molecule has 0 fully saturated rings. The van der Waals surface area contributed by atoms with E-state index >= 15 is 0 Å². The third kappa shape index (κ3) is 2.98. The van der Waals surface area contributed by atoms with Gasteiger partial charge in [0.1, 0.15) is 5.56 Å². The van der Waals surface area contributed by atoms with Gasteiger partial charge in [0.15, 0.2) is 0 Å². The van der Waals surface area contributed by atoms with Gasteiger partial charge in [-0.15, -0.1) is 0 Å². The summed E-state index contributed by atoms with van der Waals surface area (Å²) < 4.78 is 0. The number of pyridine rings is 1. The zero-order valence-electron chi connectivity index (χ0n) is 12.5. The summed E-state index contributed by atoms with van der Waals surface area (Å²) in [7, 11) is 0. The number of fused-ring (bicyclic) bond motifs is 1. The Morgan fingerprint density at radius 2 is 1.91 bits per heavy atom. The normalized spacial score (nSPS) is 10.7. The molecular weight excluding hydrogens is 312 g/mol. The zero-order valence-corrected chi connectivity index (χ0v) is 13.3. The lowest BCUT2D eigenvalue weighted by molar-refractivity contribution is 0.102. The van der Waals surface area contributed by atoms with E-state index in [0.29, 0.717) is 21.6 Å². The van der Waals surface area contributed by atoms with Gasteiger partial charge < -0.3 is 10.3 Å². The lowest BCUT2D eigenvalue weighted by Gasteiger charge is -2.07. The summed E-state index contributed by atoms with van der Waals surface area (Å²) in [6.45, 7) is 2.06. The van der Waals surface area contributed by atoms with Gasteiger partial charge in [-0.2, -0.15) is 0 Å². The van der Waals surface area contributed by atoms with Crippen molar-refractivity contribution < 1.29 is 4.79 Å². The van der Waals surface area contributed by atoms with Crippen LogP contribution in [0.3, 0.4) is 0 Å². The number of aryl methyl sites for hydroxylation is 1. The van der Waals surface area contributed by atoms with E-state index in [1.807, 2.05) is 24.3 Å². The molecule has 0 aliphatic rings.